The van der Waals surface area contributed by atoms with Crippen molar-refractivity contribution in [2.45, 2.75) is 32.9 Å². The molecule has 3 N–H and O–H groups in total. The van der Waals surface area contributed by atoms with Crippen molar-refractivity contribution in [2.24, 2.45) is 11.1 Å². The van der Waals surface area contributed by atoms with Crippen LogP contribution in [0.3, 0.4) is 0 Å². The lowest BCUT2D eigenvalue weighted by molar-refractivity contribution is -0.136. The summed E-state index contributed by atoms with van der Waals surface area (Å²) in [6.07, 6.45) is -0.138. The Hall–Kier alpha value is -3.42. The zero-order valence-corrected chi connectivity index (χ0v) is 19.9. The fraction of sp³-hybridized carbons (Fsp3) is 0.321. The van der Waals surface area contributed by atoms with Crippen LogP contribution in [-0.4, -0.2) is 30.9 Å². The van der Waals surface area contributed by atoms with Crippen LogP contribution in [0.1, 0.15) is 36.6 Å². The Morgan fingerprint density at radius 1 is 1.14 bits per heavy atom. The highest BCUT2D eigenvalue weighted by atomic mass is 19.1. The van der Waals surface area contributed by atoms with Gasteiger partial charge in [0.25, 0.3) is 0 Å². The van der Waals surface area contributed by atoms with Gasteiger partial charge in [-0.25, -0.2) is 4.39 Å². The van der Waals surface area contributed by atoms with Crippen LogP contribution in [0.5, 0.6) is 11.5 Å². The molecule has 0 amide bonds. The summed E-state index contributed by atoms with van der Waals surface area (Å²) >= 11 is 0. The Kier molecular flexibility index (Phi) is 7.38. The third kappa shape index (κ3) is 5.99. The second kappa shape index (κ2) is 10.5. The second-order valence-corrected chi connectivity index (χ2v) is 9.42. The van der Waals surface area contributed by atoms with Crippen LogP contribution in [0.2, 0.25) is 0 Å². The van der Waals surface area contributed by atoms with Crippen molar-refractivity contribution in [3.05, 3.63) is 83.2 Å². The molecule has 1 atom stereocenters. The lowest BCUT2D eigenvalue weighted by Gasteiger charge is -2.37. The predicted molar refractivity (Wildman–Crippen MR) is 131 cm³/mol. The molecule has 0 saturated carbocycles. The minimum absolute atomic E-state index is 0.0530. The molecule has 1 fully saturated rings. The number of benzene rings is 3. The van der Waals surface area contributed by atoms with Gasteiger partial charge in [-0.2, -0.15) is 0 Å². The summed E-state index contributed by atoms with van der Waals surface area (Å²) in [5, 5.41) is 9.19. The van der Waals surface area contributed by atoms with E-state index in [0.717, 1.165) is 5.56 Å². The molecular weight excluding hydrogens is 449 g/mol. The molecular formula is C28H30FNO5. The number of carboxylic acids is 1. The summed E-state index contributed by atoms with van der Waals surface area (Å²) in [6, 6.07) is 17.3. The molecule has 1 aliphatic rings. The molecule has 6 nitrogen and oxygen atoms in total. The van der Waals surface area contributed by atoms with E-state index in [9.17, 15) is 9.90 Å². The first-order chi connectivity index (χ1) is 16.7. The Balaban J connectivity index is 1.64. The number of nitrogens with two attached hydrogens (primary N) is 1. The molecule has 1 saturated heterocycles. The van der Waals surface area contributed by atoms with Crippen molar-refractivity contribution < 1.29 is 28.5 Å². The SMILES string of the molecule is CC(N)c1cccc(-c2cc(COc3ccccc3CC(=O)O)cc(OCC3(C)COC3)c2)c1F. The smallest absolute Gasteiger partial charge is 0.307 e. The average molecular weight is 480 g/mol. The van der Waals surface area contributed by atoms with Crippen LogP contribution in [0.25, 0.3) is 11.1 Å². The maximum absolute atomic E-state index is 15.3. The minimum Gasteiger partial charge on any atom is -0.493 e. The highest BCUT2D eigenvalue weighted by molar-refractivity contribution is 5.71. The third-order valence-corrected chi connectivity index (χ3v) is 5.99. The monoisotopic (exact) mass is 479 g/mol. The molecule has 184 valence electrons. The summed E-state index contributed by atoms with van der Waals surface area (Å²) in [5.74, 6) is -0.208. The van der Waals surface area contributed by atoms with E-state index in [2.05, 4.69) is 6.92 Å². The van der Waals surface area contributed by atoms with Gasteiger partial charge >= 0.3 is 5.97 Å². The van der Waals surface area contributed by atoms with Gasteiger partial charge in [-0.1, -0.05) is 43.3 Å². The molecule has 0 aliphatic carbocycles. The van der Waals surface area contributed by atoms with Gasteiger partial charge in [0.1, 0.15) is 23.9 Å². The Labute approximate surface area is 204 Å². The second-order valence-electron chi connectivity index (χ2n) is 9.42. The van der Waals surface area contributed by atoms with Crippen LogP contribution in [0, 0.1) is 11.2 Å². The number of ether oxygens (including phenoxy) is 3. The lowest BCUT2D eigenvalue weighted by Crippen LogP contribution is -2.44. The van der Waals surface area contributed by atoms with Crippen molar-refractivity contribution in [1.29, 1.82) is 0 Å². The average Bonchev–Trinajstić information content (AvgIpc) is 2.80. The molecule has 3 aromatic carbocycles. The molecule has 0 aromatic heterocycles. The summed E-state index contributed by atoms with van der Waals surface area (Å²) in [4.78, 5) is 11.2. The number of aliphatic carboxylic acids is 1. The molecule has 0 spiro atoms. The maximum Gasteiger partial charge on any atom is 0.307 e. The predicted octanol–water partition coefficient (Wildman–Crippen LogP) is 5.13. The fourth-order valence-corrected chi connectivity index (χ4v) is 4.01. The van der Waals surface area contributed by atoms with Crippen molar-refractivity contribution in [1.82, 2.24) is 0 Å². The van der Waals surface area contributed by atoms with Gasteiger partial charge in [0.05, 0.1) is 26.2 Å². The first-order valence-corrected chi connectivity index (χ1v) is 11.6. The van der Waals surface area contributed by atoms with E-state index in [1.807, 2.05) is 18.2 Å². The van der Waals surface area contributed by atoms with Gasteiger partial charge in [-0.15, -0.1) is 0 Å². The van der Waals surface area contributed by atoms with Crippen LogP contribution in [0.4, 0.5) is 4.39 Å². The first-order valence-electron chi connectivity index (χ1n) is 11.6. The first kappa shape index (κ1) is 24.7. The topological polar surface area (TPSA) is 91.0 Å². The molecule has 35 heavy (non-hydrogen) atoms. The van der Waals surface area contributed by atoms with Gasteiger partial charge in [-0.05, 0) is 42.3 Å². The maximum atomic E-state index is 15.3. The van der Waals surface area contributed by atoms with Gasteiger partial charge < -0.3 is 25.1 Å². The van der Waals surface area contributed by atoms with E-state index < -0.39 is 12.0 Å². The summed E-state index contributed by atoms with van der Waals surface area (Å²) in [7, 11) is 0. The van der Waals surface area contributed by atoms with E-state index in [4.69, 9.17) is 19.9 Å². The molecule has 1 aliphatic heterocycles. The molecule has 3 aromatic rings. The van der Waals surface area contributed by atoms with Crippen LogP contribution < -0.4 is 15.2 Å². The van der Waals surface area contributed by atoms with E-state index in [-0.39, 0.29) is 24.3 Å². The molecule has 1 heterocycles. The van der Waals surface area contributed by atoms with Gasteiger partial charge in [0, 0.05) is 28.1 Å². The van der Waals surface area contributed by atoms with Crippen LogP contribution >= 0.6 is 0 Å². The summed E-state index contributed by atoms with van der Waals surface area (Å²) < 4.78 is 32.7. The quantitative estimate of drug-likeness (QED) is 0.419. The molecule has 0 radical (unpaired) electrons. The van der Waals surface area contributed by atoms with Crippen molar-refractivity contribution in [3.63, 3.8) is 0 Å². The van der Waals surface area contributed by atoms with Gasteiger partial charge in [-0.3, -0.25) is 4.79 Å². The van der Waals surface area contributed by atoms with Crippen molar-refractivity contribution in [3.8, 4) is 22.6 Å². The summed E-state index contributed by atoms with van der Waals surface area (Å²) in [6.45, 7) is 5.74. The number of rotatable bonds is 10. The van der Waals surface area contributed by atoms with Gasteiger partial charge in [0.15, 0.2) is 0 Å². The number of hydrogen-bond donors (Lipinski definition) is 2. The highest BCUT2D eigenvalue weighted by Gasteiger charge is 2.34. The number of carboxylic acid groups (broad SMARTS) is 1. The van der Waals surface area contributed by atoms with Crippen LogP contribution in [0.15, 0.2) is 60.7 Å². The van der Waals surface area contributed by atoms with Crippen molar-refractivity contribution in [2.75, 3.05) is 19.8 Å². The zero-order valence-electron chi connectivity index (χ0n) is 19.9. The molecule has 1 unspecified atom stereocenters. The van der Waals surface area contributed by atoms with E-state index in [1.54, 1.807) is 49.4 Å². The van der Waals surface area contributed by atoms with Crippen LogP contribution in [-0.2, 0) is 22.6 Å². The molecule has 0 bridgehead atoms. The molecule has 4 rings (SSSR count). The Morgan fingerprint density at radius 3 is 2.60 bits per heavy atom. The fourth-order valence-electron chi connectivity index (χ4n) is 4.01. The van der Waals surface area contributed by atoms with E-state index in [1.165, 1.54) is 0 Å². The standard InChI is InChI=1S/C28H30FNO5/c1-18(30)23-7-5-8-24(27(23)29)21-10-19(11-22(12-21)35-17-28(2)15-33-16-28)14-34-25-9-4-3-6-20(25)13-26(31)32/h3-12,18H,13-17,30H2,1-2H3,(H,31,32). The third-order valence-electron chi connectivity index (χ3n) is 5.99. The minimum atomic E-state index is -0.934. The molecule has 7 heteroatoms. The zero-order chi connectivity index (χ0) is 25.0. The van der Waals surface area contributed by atoms with E-state index in [0.29, 0.717) is 53.6 Å². The Morgan fingerprint density at radius 2 is 1.91 bits per heavy atom. The van der Waals surface area contributed by atoms with Crippen molar-refractivity contribution >= 4 is 5.97 Å². The largest absolute Gasteiger partial charge is 0.493 e. The number of para-hydroxylation sites is 1. The number of halogens is 1. The highest BCUT2D eigenvalue weighted by Crippen LogP contribution is 2.33. The van der Waals surface area contributed by atoms with Gasteiger partial charge in [0.2, 0.25) is 0 Å². The summed E-state index contributed by atoms with van der Waals surface area (Å²) in [5.41, 5.74) is 8.77. The number of hydrogen-bond acceptors (Lipinski definition) is 5. The number of carbonyl (C=O) groups is 1. The Bertz CT molecular complexity index is 1210. The lowest BCUT2D eigenvalue weighted by atomic mass is 9.90. The normalized spacial score (nSPS) is 15.2. The van der Waals surface area contributed by atoms with E-state index >= 15 is 4.39 Å².